The molecular weight excluding hydrogens is 612 g/mol. The maximum atomic E-state index is 13.2. The predicted octanol–water partition coefficient (Wildman–Crippen LogP) is 6.70. The second-order valence-electron chi connectivity index (χ2n) is 11.7. The smallest absolute Gasteiger partial charge is 0.270 e. The molecule has 0 radical (unpaired) electrons. The lowest BCUT2D eigenvalue weighted by Crippen LogP contribution is -2.20. The second-order valence-corrected chi connectivity index (χ2v) is 11.7. The molecule has 4 heterocycles. The Kier molecular flexibility index (Phi) is 6.31. The van der Waals surface area contributed by atoms with Crippen LogP contribution in [-0.4, -0.2) is 30.8 Å². The number of rotatable bonds is 6. The van der Waals surface area contributed by atoms with Crippen LogP contribution < -0.4 is 10.6 Å². The number of nitro benzene ring substituents is 2. The molecule has 4 aromatic carbocycles. The van der Waals surface area contributed by atoms with Crippen molar-refractivity contribution in [2.45, 2.75) is 26.9 Å². The standard InChI is InChI=1S/C36H26N6O6/c1-3-39-31-11-7-21(41(45)46)15-25(31)23-9-5-19(13-33(23)39)29-17-27(35(43)37-29)28-18-30(38-36(28)44)20-6-10-24-26-16-22(42(47)48)8-12-32(26)40(4-2)34(24)14-20/h5-18H,3-4H2,1-2H3,(H,37,43)(H,38,44)/b28-27+. The third-order valence-electron chi connectivity index (χ3n) is 9.23. The first-order chi connectivity index (χ1) is 23.2. The SMILES string of the molecule is CCn1c2ccc([N+](=O)[O-])cc2c2ccc(C3=C/C(=C4/C=C(c5ccc6c7cc([N+](=O)[O-])ccc7n(CC)c6c5)NC4=O)C(=O)N3)cc21. The van der Waals surface area contributed by atoms with Gasteiger partial charge in [0, 0.05) is 103 Å². The van der Waals surface area contributed by atoms with E-state index >= 15 is 0 Å². The number of carbonyl (C=O) groups excluding carboxylic acids is 2. The summed E-state index contributed by atoms with van der Waals surface area (Å²) < 4.78 is 4.15. The van der Waals surface area contributed by atoms with Crippen LogP contribution in [0.5, 0.6) is 0 Å². The Hall–Kier alpha value is -6.56. The molecule has 0 unspecified atom stereocenters. The minimum Gasteiger partial charge on any atom is -0.341 e. The Morgan fingerprint density at radius 1 is 0.562 bits per heavy atom. The number of fused-ring (bicyclic) bond motifs is 6. The van der Waals surface area contributed by atoms with Crippen LogP contribution in [0.15, 0.2) is 96.1 Å². The zero-order valence-electron chi connectivity index (χ0n) is 25.7. The van der Waals surface area contributed by atoms with Gasteiger partial charge in [-0.1, -0.05) is 24.3 Å². The van der Waals surface area contributed by atoms with Gasteiger partial charge >= 0.3 is 0 Å². The van der Waals surface area contributed by atoms with Crippen LogP contribution in [0.3, 0.4) is 0 Å². The van der Waals surface area contributed by atoms with Crippen molar-refractivity contribution < 1.29 is 19.4 Å². The molecule has 2 amide bonds. The number of carbonyl (C=O) groups is 2. The van der Waals surface area contributed by atoms with E-state index in [1.165, 1.54) is 12.1 Å². The number of nitrogens with zero attached hydrogens (tertiary/aromatic N) is 4. The Bertz CT molecular complexity index is 2410. The number of benzene rings is 4. The highest BCUT2D eigenvalue weighted by Crippen LogP contribution is 2.37. The molecule has 12 nitrogen and oxygen atoms in total. The van der Waals surface area contributed by atoms with E-state index in [0.29, 0.717) is 24.5 Å². The fraction of sp³-hybridized carbons (Fsp3) is 0.111. The number of hydrogen-bond acceptors (Lipinski definition) is 6. The molecule has 8 rings (SSSR count). The minimum atomic E-state index is -0.408. The zero-order valence-corrected chi connectivity index (χ0v) is 25.7. The zero-order chi connectivity index (χ0) is 33.4. The Balaban J connectivity index is 1.19. The predicted molar refractivity (Wildman–Crippen MR) is 183 cm³/mol. The van der Waals surface area contributed by atoms with Crippen molar-refractivity contribution in [2.75, 3.05) is 0 Å². The number of aryl methyl sites for hydroxylation is 2. The van der Waals surface area contributed by atoms with Gasteiger partial charge in [-0.3, -0.25) is 29.8 Å². The van der Waals surface area contributed by atoms with E-state index in [-0.39, 0.29) is 22.5 Å². The van der Waals surface area contributed by atoms with Crippen molar-refractivity contribution in [3.63, 3.8) is 0 Å². The van der Waals surface area contributed by atoms with Crippen LogP contribution in [0.1, 0.15) is 25.0 Å². The summed E-state index contributed by atoms with van der Waals surface area (Å²) in [5.41, 5.74) is 6.56. The Morgan fingerprint density at radius 2 is 0.979 bits per heavy atom. The maximum Gasteiger partial charge on any atom is 0.270 e. The highest BCUT2D eigenvalue weighted by atomic mass is 16.6. The summed E-state index contributed by atoms with van der Waals surface area (Å²) in [5.74, 6) is -0.801. The molecule has 6 aromatic rings. The molecule has 2 aliphatic rings. The van der Waals surface area contributed by atoms with Crippen LogP contribution >= 0.6 is 0 Å². The fourth-order valence-corrected chi connectivity index (χ4v) is 7.00. The van der Waals surface area contributed by atoms with Gasteiger partial charge in [0.15, 0.2) is 0 Å². The molecule has 48 heavy (non-hydrogen) atoms. The minimum absolute atomic E-state index is 0.0185. The van der Waals surface area contributed by atoms with Gasteiger partial charge in [-0.25, -0.2) is 0 Å². The third-order valence-corrected chi connectivity index (χ3v) is 9.23. The molecule has 0 aliphatic carbocycles. The molecule has 0 fully saturated rings. The Morgan fingerprint density at radius 3 is 1.35 bits per heavy atom. The van der Waals surface area contributed by atoms with Crippen molar-refractivity contribution in [1.29, 1.82) is 0 Å². The summed E-state index contributed by atoms with van der Waals surface area (Å²) in [6.45, 7) is 5.28. The number of non-ortho nitro benzene ring substituents is 2. The number of nitrogens with one attached hydrogen (secondary N) is 2. The summed E-state index contributed by atoms with van der Waals surface area (Å²) in [4.78, 5) is 48.5. The molecule has 2 aromatic heterocycles. The van der Waals surface area contributed by atoms with Crippen LogP contribution in [0.4, 0.5) is 11.4 Å². The van der Waals surface area contributed by atoms with Gasteiger partial charge < -0.3 is 19.8 Å². The average Bonchev–Trinajstić information content (AvgIpc) is 3.83. The lowest BCUT2D eigenvalue weighted by Gasteiger charge is -2.06. The van der Waals surface area contributed by atoms with Gasteiger partial charge in [-0.15, -0.1) is 0 Å². The Labute approximate surface area is 271 Å². The quantitative estimate of drug-likeness (QED) is 0.118. The number of amides is 2. The summed E-state index contributed by atoms with van der Waals surface area (Å²) in [5, 5.41) is 31.9. The number of aromatic nitrogens is 2. The van der Waals surface area contributed by atoms with Gasteiger partial charge in [-0.2, -0.15) is 0 Å². The first kappa shape index (κ1) is 28.9. The van der Waals surface area contributed by atoms with Crippen molar-refractivity contribution in [2.24, 2.45) is 0 Å². The van der Waals surface area contributed by atoms with Crippen molar-refractivity contribution in [3.05, 3.63) is 127 Å². The lowest BCUT2D eigenvalue weighted by atomic mass is 10.0. The van der Waals surface area contributed by atoms with E-state index in [2.05, 4.69) is 19.8 Å². The molecule has 12 heteroatoms. The van der Waals surface area contributed by atoms with Crippen molar-refractivity contribution >= 4 is 78.2 Å². The van der Waals surface area contributed by atoms with Gasteiger partial charge in [0.25, 0.3) is 23.2 Å². The van der Waals surface area contributed by atoms with Crippen molar-refractivity contribution in [1.82, 2.24) is 19.8 Å². The lowest BCUT2D eigenvalue weighted by molar-refractivity contribution is -0.384. The molecule has 0 saturated heterocycles. The number of nitro groups is 2. The van der Waals surface area contributed by atoms with E-state index in [1.807, 2.05) is 50.2 Å². The molecular formula is C36H26N6O6. The van der Waals surface area contributed by atoms with Crippen LogP contribution in [-0.2, 0) is 22.7 Å². The van der Waals surface area contributed by atoms with Crippen LogP contribution in [0.25, 0.3) is 55.0 Å². The van der Waals surface area contributed by atoms with E-state index in [4.69, 9.17) is 0 Å². The summed E-state index contributed by atoms with van der Waals surface area (Å²) in [7, 11) is 0. The highest BCUT2D eigenvalue weighted by molar-refractivity contribution is 6.19. The molecule has 0 bridgehead atoms. The first-order valence-corrected chi connectivity index (χ1v) is 15.4. The topological polar surface area (TPSA) is 154 Å². The van der Waals surface area contributed by atoms with E-state index in [9.17, 15) is 29.8 Å². The fourth-order valence-electron chi connectivity index (χ4n) is 7.00. The molecule has 0 spiro atoms. The third kappa shape index (κ3) is 4.23. The summed E-state index contributed by atoms with van der Waals surface area (Å²) in [6, 6.07) is 21.0. The molecule has 0 atom stereocenters. The molecule has 2 N–H and O–H groups in total. The van der Waals surface area contributed by atoms with E-state index in [0.717, 1.165) is 54.7 Å². The van der Waals surface area contributed by atoms with Gasteiger partial charge in [0.1, 0.15) is 0 Å². The normalized spacial score (nSPS) is 16.2. The molecule has 2 aliphatic heterocycles. The molecule has 0 saturated carbocycles. The van der Waals surface area contributed by atoms with Crippen LogP contribution in [0, 0.1) is 20.2 Å². The summed E-state index contributed by atoms with van der Waals surface area (Å²) >= 11 is 0. The van der Waals surface area contributed by atoms with Crippen LogP contribution in [0.2, 0.25) is 0 Å². The van der Waals surface area contributed by atoms with E-state index < -0.39 is 21.7 Å². The first-order valence-electron chi connectivity index (χ1n) is 15.4. The molecule has 236 valence electrons. The summed E-state index contributed by atoms with van der Waals surface area (Å²) in [6.07, 6.45) is 3.35. The maximum absolute atomic E-state index is 13.2. The van der Waals surface area contributed by atoms with Gasteiger partial charge in [0.2, 0.25) is 0 Å². The second kappa shape index (κ2) is 10.5. The highest BCUT2D eigenvalue weighted by Gasteiger charge is 2.30. The average molecular weight is 639 g/mol. The largest absolute Gasteiger partial charge is 0.341 e. The van der Waals surface area contributed by atoms with E-state index in [1.54, 1.807) is 36.4 Å². The van der Waals surface area contributed by atoms with Crippen molar-refractivity contribution in [3.8, 4) is 0 Å². The number of hydrogen-bond donors (Lipinski definition) is 2. The van der Waals surface area contributed by atoms with Gasteiger partial charge in [-0.05, 0) is 50.3 Å². The van der Waals surface area contributed by atoms with Gasteiger partial charge in [0.05, 0.1) is 21.0 Å². The monoisotopic (exact) mass is 638 g/mol.